The van der Waals surface area contributed by atoms with E-state index in [0.29, 0.717) is 9.89 Å². The maximum atomic E-state index is 11.0. The molecule has 0 aromatic heterocycles. The van der Waals surface area contributed by atoms with Crippen molar-refractivity contribution in [3.05, 3.63) is 40.3 Å². The zero-order valence-electron chi connectivity index (χ0n) is 8.43. The molecule has 4 nitrogen and oxygen atoms in total. The number of carboxylic acid groups (broad SMARTS) is 1. The third-order valence-electron chi connectivity index (χ3n) is 2.09. The zero-order valence-corrected chi connectivity index (χ0v) is 10.1. The lowest BCUT2D eigenvalue weighted by Crippen LogP contribution is -2.21. The van der Waals surface area contributed by atoms with Crippen LogP contribution in [0, 0.1) is 0 Å². The van der Waals surface area contributed by atoms with Crippen molar-refractivity contribution >= 4 is 46.3 Å². The molecule has 1 aromatic carbocycles. The standard InChI is InChI=1S/C11H7NO3S2/c13-10(14)7-3-1-6(2-4-7)5-8-9(16)12-11(15)17-8/h1-5H,(H,13,14)(H,12,15,16)/p-1/b8-5-. The molecule has 0 bridgehead atoms. The molecule has 17 heavy (non-hydrogen) atoms. The van der Waals surface area contributed by atoms with E-state index in [-0.39, 0.29) is 10.8 Å². The van der Waals surface area contributed by atoms with E-state index in [2.05, 4.69) is 5.32 Å². The molecule has 1 saturated heterocycles. The molecule has 0 spiro atoms. The highest BCUT2D eigenvalue weighted by molar-refractivity contribution is 8.19. The second-order valence-electron chi connectivity index (χ2n) is 3.26. The van der Waals surface area contributed by atoms with Gasteiger partial charge in [-0.3, -0.25) is 4.79 Å². The van der Waals surface area contributed by atoms with Crippen LogP contribution in [0.1, 0.15) is 15.9 Å². The quantitative estimate of drug-likeness (QED) is 0.641. The fourth-order valence-electron chi connectivity index (χ4n) is 1.29. The molecule has 0 aliphatic carbocycles. The number of hydrogen-bond acceptors (Lipinski definition) is 5. The normalized spacial score (nSPS) is 17.3. The van der Waals surface area contributed by atoms with E-state index < -0.39 is 5.97 Å². The molecule has 2 rings (SSSR count). The van der Waals surface area contributed by atoms with E-state index in [1.54, 1.807) is 18.2 Å². The highest BCUT2D eigenvalue weighted by atomic mass is 32.2. The summed E-state index contributed by atoms with van der Waals surface area (Å²) in [6.07, 6.45) is 1.73. The van der Waals surface area contributed by atoms with E-state index in [4.69, 9.17) is 12.2 Å². The van der Waals surface area contributed by atoms with Gasteiger partial charge in [0.25, 0.3) is 5.24 Å². The van der Waals surface area contributed by atoms with E-state index in [9.17, 15) is 14.7 Å². The van der Waals surface area contributed by atoms with Crippen molar-refractivity contribution in [3.8, 4) is 0 Å². The first-order valence-electron chi connectivity index (χ1n) is 4.62. The van der Waals surface area contributed by atoms with Gasteiger partial charge in [-0.05, 0) is 29.0 Å². The highest BCUT2D eigenvalue weighted by Gasteiger charge is 2.21. The van der Waals surface area contributed by atoms with Gasteiger partial charge in [-0.2, -0.15) is 0 Å². The van der Waals surface area contributed by atoms with Crippen LogP contribution < -0.4 is 10.4 Å². The Kier molecular flexibility index (Phi) is 3.26. The molecular formula is C11H6NO3S2-. The molecular weight excluding hydrogens is 258 g/mol. The fourth-order valence-corrected chi connectivity index (χ4v) is 2.32. The molecule has 0 unspecified atom stereocenters. The number of thioether (sulfide) groups is 1. The van der Waals surface area contributed by atoms with E-state index >= 15 is 0 Å². The average Bonchev–Trinajstić information content (AvgIpc) is 2.58. The average molecular weight is 264 g/mol. The van der Waals surface area contributed by atoms with Gasteiger partial charge in [-0.1, -0.05) is 36.5 Å². The van der Waals surface area contributed by atoms with Crippen molar-refractivity contribution in [1.82, 2.24) is 5.32 Å². The van der Waals surface area contributed by atoms with E-state index in [1.165, 1.54) is 12.1 Å². The molecule has 6 heteroatoms. The van der Waals surface area contributed by atoms with Crippen molar-refractivity contribution < 1.29 is 14.7 Å². The number of nitrogens with one attached hydrogen (secondary N) is 1. The van der Waals surface area contributed by atoms with Gasteiger partial charge in [0.1, 0.15) is 4.99 Å². The lowest BCUT2D eigenvalue weighted by molar-refractivity contribution is -0.255. The van der Waals surface area contributed by atoms with Crippen LogP contribution in [0.15, 0.2) is 29.2 Å². The highest BCUT2D eigenvalue weighted by Crippen LogP contribution is 2.26. The molecule has 1 aliphatic rings. The minimum Gasteiger partial charge on any atom is -0.545 e. The molecule has 0 saturated carbocycles. The first-order chi connectivity index (χ1) is 8.06. The Hall–Kier alpha value is -1.66. The summed E-state index contributed by atoms with van der Waals surface area (Å²) >= 11 is 5.98. The van der Waals surface area contributed by atoms with E-state index in [0.717, 1.165) is 17.3 Å². The Morgan fingerprint density at radius 2 is 2.00 bits per heavy atom. The third-order valence-corrected chi connectivity index (χ3v) is 3.37. The smallest absolute Gasteiger partial charge is 0.289 e. The lowest BCUT2D eigenvalue weighted by atomic mass is 10.1. The molecule has 1 heterocycles. The number of carboxylic acids is 1. The summed E-state index contributed by atoms with van der Waals surface area (Å²) in [6.45, 7) is 0. The molecule has 1 amide bonds. The number of rotatable bonds is 2. The number of thiocarbonyl (C=S) groups is 1. The minimum atomic E-state index is -1.22. The number of amides is 1. The van der Waals surface area contributed by atoms with Gasteiger partial charge in [-0.15, -0.1) is 0 Å². The molecule has 86 valence electrons. The van der Waals surface area contributed by atoms with Gasteiger partial charge in [0.15, 0.2) is 0 Å². The summed E-state index contributed by atoms with van der Waals surface area (Å²) in [5.74, 6) is -1.22. The predicted octanol–water partition coefficient (Wildman–Crippen LogP) is 1.17. The Balaban J connectivity index is 2.24. The maximum absolute atomic E-state index is 11.0. The van der Waals surface area contributed by atoms with Crippen molar-refractivity contribution in [2.75, 3.05) is 0 Å². The Morgan fingerprint density at radius 3 is 2.47 bits per heavy atom. The van der Waals surface area contributed by atoms with Crippen LogP contribution in [0.2, 0.25) is 0 Å². The summed E-state index contributed by atoms with van der Waals surface area (Å²) in [5.41, 5.74) is 0.888. The van der Waals surface area contributed by atoms with Crippen LogP contribution in [-0.2, 0) is 0 Å². The van der Waals surface area contributed by atoms with Crippen LogP contribution >= 0.6 is 24.0 Å². The van der Waals surface area contributed by atoms with Gasteiger partial charge in [0.05, 0.1) is 10.9 Å². The van der Waals surface area contributed by atoms with Gasteiger partial charge < -0.3 is 15.2 Å². The van der Waals surface area contributed by atoms with Crippen molar-refractivity contribution in [2.45, 2.75) is 0 Å². The molecule has 0 atom stereocenters. The first kappa shape index (κ1) is 11.8. The lowest BCUT2D eigenvalue weighted by Gasteiger charge is -2.02. The van der Waals surface area contributed by atoms with Crippen LogP contribution in [0.5, 0.6) is 0 Å². The number of aromatic carboxylic acids is 1. The number of carbonyl (C=O) groups excluding carboxylic acids is 2. The molecule has 0 radical (unpaired) electrons. The van der Waals surface area contributed by atoms with Crippen LogP contribution in [0.4, 0.5) is 4.79 Å². The van der Waals surface area contributed by atoms with Crippen molar-refractivity contribution in [3.63, 3.8) is 0 Å². The zero-order chi connectivity index (χ0) is 12.4. The number of hydrogen-bond donors (Lipinski definition) is 1. The van der Waals surface area contributed by atoms with Crippen LogP contribution in [-0.4, -0.2) is 16.2 Å². The summed E-state index contributed by atoms with van der Waals surface area (Å²) in [5, 5.41) is 12.8. The Labute approximate surface area is 107 Å². The molecule has 1 aromatic rings. The first-order valence-corrected chi connectivity index (χ1v) is 5.85. The predicted molar refractivity (Wildman–Crippen MR) is 67.5 cm³/mol. The van der Waals surface area contributed by atoms with Crippen molar-refractivity contribution in [2.24, 2.45) is 0 Å². The number of benzene rings is 1. The van der Waals surface area contributed by atoms with E-state index in [1.807, 2.05) is 0 Å². The molecule has 1 N–H and O–H groups in total. The van der Waals surface area contributed by atoms with Gasteiger partial charge >= 0.3 is 0 Å². The monoisotopic (exact) mass is 264 g/mol. The van der Waals surface area contributed by atoms with Crippen molar-refractivity contribution in [1.29, 1.82) is 0 Å². The minimum absolute atomic E-state index is 0.114. The van der Waals surface area contributed by atoms with Gasteiger partial charge in [-0.25, -0.2) is 0 Å². The maximum Gasteiger partial charge on any atom is 0.289 e. The van der Waals surface area contributed by atoms with Crippen LogP contribution in [0.3, 0.4) is 0 Å². The SMILES string of the molecule is O=C1NC(=S)/C(=C/c2ccc(C(=O)[O-])cc2)S1. The molecule has 1 fully saturated rings. The van der Waals surface area contributed by atoms with Crippen LogP contribution in [0.25, 0.3) is 6.08 Å². The Morgan fingerprint density at radius 1 is 1.35 bits per heavy atom. The molecule has 1 aliphatic heterocycles. The number of carbonyl (C=O) groups is 2. The van der Waals surface area contributed by atoms with Gasteiger partial charge in [0.2, 0.25) is 0 Å². The fraction of sp³-hybridized carbons (Fsp3) is 0. The summed E-state index contributed by atoms with van der Waals surface area (Å²) < 4.78 is 0. The summed E-state index contributed by atoms with van der Waals surface area (Å²) in [7, 11) is 0. The Bertz CT molecular complexity index is 534. The second kappa shape index (κ2) is 4.68. The topological polar surface area (TPSA) is 69.2 Å². The summed E-state index contributed by atoms with van der Waals surface area (Å²) in [4.78, 5) is 22.6. The summed E-state index contributed by atoms with van der Waals surface area (Å²) in [6, 6.07) is 6.15. The second-order valence-corrected chi connectivity index (χ2v) is 4.68. The van der Waals surface area contributed by atoms with Gasteiger partial charge in [0, 0.05) is 0 Å². The third kappa shape index (κ3) is 2.72. The largest absolute Gasteiger partial charge is 0.545 e.